The third-order valence-corrected chi connectivity index (χ3v) is 2.59. The Kier molecular flexibility index (Phi) is 4.07. The first-order valence-electron chi connectivity index (χ1n) is 6.01. The molecule has 2 N–H and O–H groups in total. The molecule has 0 aliphatic rings. The van der Waals surface area contributed by atoms with Gasteiger partial charge in [-0.15, -0.1) is 0 Å². The van der Waals surface area contributed by atoms with Crippen molar-refractivity contribution in [2.75, 3.05) is 5.32 Å². The van der Waals surface area contributed by atoms with Gasteiger partial charge in [-0.05, 0) is 25.1 Å². The van der Waals surface area contributed by atoms with E-state index in [1.54, 1.807) is 12.3 Å². The fourth-order valence-corrected chi connectivity index (χ4v) is 1.59. The van der Waals surface area contributed by atoms with Gasteiger partial charge in [-0.25, -0.2) is 9.97 Å². The van der Waals surface area contributed by atoms with Crippen molar-refractivity contribution >= 4 is 17.5 Å². The van der Waals surface area contributed by atoms with Crippen LogP contribution in [0.3, 0.4) is 0 Å². The predicted molar refractivity (Wildman–Crippen MR) is 72.5 cm³/mol. The lowest BCUT2D eigenvalue weighted by atomic mass is 10.2. The number of carboxylic acids is 1. The molecule has 0 fully saturated rings. The van der Waals surface area contributed by atoms with E-state index in [0.29, 0.717) is 18.1 Å². The van der Waals surface area contributed by atoms with Crippen LogP contribution in [0.25, 0.3) is 0 Å². The molecule has 1 heterocycles. The third-order valence-electron chi connectivity index (χ3n) is 2.59. The van der Waals surface area contributed by atoms with Crippen LogP contribution in [0.1, 0.15) is 17.8 Å². The first-order chi connectivity index (χ1) is 9.13. The molecule has 0 bridgehead atoms. The molecule has 2 rings (SSSR count). The van der Waals surface area contributed by atoms with Gasteiger partial charge in [0.15, 0.2) is 0 Å². The molecule has 0 radical (unpaired) electrons. The predicted octanol–water partition coefficient (Wildman–Crippen LogP) is 2.55. The zero-order valence-corrected chi connectivity index (χ0v) is 10.6. The molecule has 0 unspecified atom stereocenters. The summed E-state index contributed by atoms with van der Waals surface area (Å²) in [6, 6.07) is 9.70. The molecule has 2 aromatic rings. The molecular weight excluding hydrogens is 242 g/mol. The van der Waals surface area contributed by atoms with E-state index in [0.717, 1.165) is 5.69 Å². The van der Waals surface area contributed by atoms with Crippen molar-refractivity contribution in [2.24, 2.45) is 0 Å². The lowest BCUT2D eigenvalue weighted by Gasteiger charge is -2.06. The maximum atomic E-state index is 10.5. The molecule has 1 aromatic carbocycles. The van der Waals surface area contributed by atoms with E-state index in [4.69, 9.17) is 5.11 Å². The van der Waals surface area contributed by atoms with E-state index in [1.165, 1.54) is 5.56 Å². The molecule has 0 amide bonds. The Labute approximate surface area is 111 Å². The van der Waals surface area contributed by atoms with Crippen molar-refractivity contribution in [1.29, 1.82) is 0 Å². The molecule has 0 aliphatic heterocycles. The highest BCUT2D eigenvalue weighted by Gasteiger charge is 2.03. The molecule has 1 aromatic heterocycles. The summed E-state index contributed by atoms with van der Waals surface area (Å²) in [6.07, 6.45) is 1.99. The smallest absolute Gasteiger partial charge is 0.303 e. The van der Waals surface area contributed by atoms with Crippen molar-refractivity contribution in [3.8, 4) is 0 Å². The SMILES string of the molecule is Cc1ccc(Nc2ccnc(CCC(=O)O)n2)cc1. The van der Waals surface area contributed by atoms with Gasteiger partial charge in [-0.1, -0.05) is 17.7 Å². The van der Waals surface area contributed by atoms with Gasteiger partial charge < -0.3 is 10.4 Å². The van der Waals surface area contributed by atoms with Gasteiger partial charge in [0, 0.05) is 18.3 Å². The van der Waals surface area contributed by atoms with Gasteiger partial charge in [0.25, 0.3) is 0 Å². The van der Waals surface area contributed by atoms with E-state index in [-0.39, 0.29) is 6.42 Å². The molecule has 0 aliphatic carbocycles. The fraction of sp³-hybridized carbons (Fsp3) is 0.214. The van der Waals surface area contributed by atoms with Gasteiger partial charge in [-0.3, -0.25) is 4.79 Å². The van der Waals surface area contributed by atoms with Crippen LogP contribution in [-0.4, -0.2) is 21.0 Å². The zero-order valence-electron chi connectivity index (χ0n) is 10.6. The van der Waals surface area contributed by atoms with Gasteiger partial charge >= 0.3 is 5.97 Å². The highest BCUT2D eigenvalue weighted by Crippen LogP contribution is 2.14. The number of aliphatic carboxylic acids is 1. The summed E-state index contributed by atoms with van der Waals surface area (Å²) in [4.78, 5) is 18.8. The number of benzene rings is 1. The quantitative estimate of drug-likeness (QED) is 0.861. The summed E-state index contributed by atoms with van der Waals surface area (Å²) >= 11 is 0. The van der Waals surface area contributed by atoms with Crippen molar-refractivity contribution in [3.63, 3.8) is 0 Å². The highest BCUT2D eigenvalue weighted by molar-refractivity contribution is 5.66. The van der Waals surface area contributed by atoms with Crippen LogP contribution in [0.15, 0.2) is 36.5 Å². The Balaban J connectivity index is 2.06. The molecule has 5 heteroatoms. The fourth-order valence-electron chi connectivity index (χ4n) is 1.59. The largest absolute Gasteiger partial charge is 0.481 e. The minimum Gasteiger partial charge on any atom is -0.481 e. The van der Waals surface area contributed by atoms with Crippen LogP contribution in [0.2, 0.25) is 0 Å². The summed E-state index contributed by atoms with van der Waals surface area (Å²) in [5.74, 6) is 0.347. The van der Waals surface area contributed by atoms with Crippen molar-refractivity contribution in [3.05, 3.63) is 47.9 Å². The van der Waals surface area contributed by atoms with Crippen LogP contribution >= 0.6 is 0 Å². The van der Waals surface area contributed by atoms with E-state index in [2.05, 4.69) is 15.3 Å². The summed E-state index contributed by atoms with van der Waals surface area (Å²) in [6.45, 7) is 2.03. The maximum Gasteiger partial charge on any atom is 0.303 e. The monoisotopic (exact) mass is 257 g/mol. The standard InChI is InChI=1S/C14H15N3O2/c1-10-2-4-11(5-3-10)16-13-8-9-15-12(17-13)6-7-14(18)19/h2-5,8-9H,6-7H2,1H3,(H,18,19)(H,15,16,17). The van der Waals surface area contributed by atoms with Crippen molar-refractivity contribution < 1.29 is 9.90 Å². The number of anilines is 2. The number of carbonyl (C=O) groups is 1. The summed E-state index contributed by atoms with van der Waals surface area (Å²) in [5, 5.41) is 11.8. The van der Waals surface area contributed by atoms with Gasteiger partial charge in [0.1, 0.15) is 11.6 Å². The minimum absolute atomic E-state index is 0.0357. The average Bonchev–Trinajstić information content (AvgIpc) is 2.40. The maximum absolute atomic E-state index is 10.5. The number of nitrogens with zero attached hydrogens (tertiary/aromatic N) is 2. The summed E-state index contributed by atoms with van der Waals surface area (Å²) in [7, 11) is 0. The summed E-state index contributed by atoms with van der Waals surface area (Å²) in [5.41, 5.74) is 2.13. The average molecular weight is 257 g/mol. The third kappa shape index (κ3) is 4.06. The second-order valence-corrected chi connectivity index (χ2v) is 4.24. The molecule has 0 saturated carbocycles. The molecular formula is C14H15N3O2. The van der Waals surface area contributed by atoms with Gasteiger partial charge in [0.05, 0.1) is 6.42 Å². The number of hydrogen-bond donors (Lipinski definition) is 2. The lowest BCUT2D eigenvalue weighted by molar-refractivity contribution is -0.137. The van der Waals surface area contributed by atoms with E-state index in [1.807, 2.05) is 31.2 Å². The Morgan fingerprint density at radius 2 is 2.00 bits per heavy atom. The number of aromatic nitrogens is 2. The van der Waals surface area contributed by atoms with Crippen LogP contribution < -0.4 is 5.32 Å². The van der Waals surface area contributed by atoms with Crippen LogP contribution in [0, 0.1) is 6.92 Å². The molecule has 0 spiro atoms. The topological polar surface area (TPSA) is 75.1 Å². The van der Waals surface area contributed by atoms with Crippen LogP contribution in [-0.2, 0) is 11.2 Å². The Morgan fingerprint density at radius 1 is 1.26 bits per heavy atom. The Bertz CT molecular complexity index is 567. The van der Waals surface area contributed by atoms with E-state index >= 15 is 0 Å². The number of aryl methyl sites for hydroxylation is 2. The zero-order chi connectivity index (χ0) is 13.7. The second kappa shape index (κ2) is 5.95. The van der Waals surface area contributed by atoms with Gasteiger partial charge in [-0.2, -0.15) is 0 Å². The number of nitrogens with one attached hydrogen (secondary N) is 1. The van der Waals surface area contributed by atoms with E-state index < -0.39 is 5.97 Å². The Hall–Kier alpha value is -2.43. The number of carboxylic acid groups (broad SMARTS) is 1. The number of rotatable bonds is 5. The first kappa shape index (κ1) is 13.0. The van der Waals surface area contributed by atoms with Crippen LogP contribution in [0.4, 0.5) is 11.5 Å². The van der Waals surface area contributed by atoms with Crippen LogP contribution in [0.5, 0.6) is 0 Å². The number of hydrogen-bond acceptors (Lipinski definition) is 4. The van der Waals surface area contributed by atoms with Crippen molar-refractivity contribution in [1.82, 2.24) is 9.97 Å². The Morgan fingerprint density at radius 3 is 2.68 bits per heavy atom. The molecule has 0 saturated heterocycles. The second-order valence-electron chi connectivity index (χ2n) is 4.24. The first-order valence-corrected chi connectivity index (χ1v) is 6.01. The molecule has 5 nitrogen and oxygen atoms in total. The molecule has 0 atom stereocenters. The molecule has 19 heavy (non-hydrogen) atoms. The summed E-state index contributed by atoms with van der Waals surface area (Å²) < 4.78 is 0. The molecule has 98 valence electrons. The van der Waals surface area contributed by atoms with Gasteiger partial charge in [0.2, 0.25) is 0 Å². The van der Waals surface area contributed by atoms with Crippen molar-refractivity contribution in [2.45, 2.75) is 19.8 Å². The lowest BCUT2D eigenvalue weighted by Crippen LogP contribution is -2.03. The highest BCUT2D eigenvalue weighted by atomic mass is 16.4. The van der Waals surface area contributed by atoms with E-state index in [9.17, 15) is 4.79 Å². The normalized spacial score (nSPS) is 10.2. The minimum atomic E-state index is -0.847.